The van der Waals surface area contributed by atoms with Gasteiger partial charge in [0.05, 0.1) is 12.9 Å². The minimum absolute atomic E-state index is 0.902. The maximum absolute atomic E-state index is 5.46. The molecule has 19 heavy (non-hydrogen) atoms. The zero-order chi connectivity index (χ0) is 12.8. The normalized spacial score (nSPS) is 40.4. The van der Waals surface area contributed by atoms with Crippen LogP contribution in [0.1, 0.15) is 44.9 Å². The number of hydrogen-bond donors (Lipinski definition) is 0. The molecule has 0 spiro atoms. The van der Waals surface area contributed by atoms with Gasteiger partial charge in [0, 0.05) is 6.42 Å². The molecule has 0 heterocycles. The Balaban J connectivity index is 1.59. The molecule has 0 aromatic carbocycles. The molecule has 0 aromatic heterocycles. The van der Waals surface area contributed by atoms with Crippen LogP contribution < -0.4 is 0 Å². The molecule has 4 atom stereocenters. The van der Waals surface area contributed by atoms with Crippen LogP contribution in [0.3, 0.4) is 0 Å². The summed E-state index contributed by atoms with van der Waals surface area (Å²) in [7, 11) is 1.82. The quantitative estimate of drug-likeness (QED) is 0.622. The highest BCUT2D eigenvalue weighted by Crippen LogP contribution is 2.54. The fourth-order valence-corrected chi connectivity index (χ4v) is 5.19. The predicted molar refractivity (Wildman–Crippen MR) is 77.5 cm³/mol. The summed E-state index contributed by atoms with van der Waals surface area (Å²) in [5.41, 5.74) is 3.53. The van der Waals surface area contributed by atoms with Gasteiger partial charge in [-0.15, -0.1) is 0 Å². The van der Waals surface area contributed by atoms with Crippen molar-refractivity contribution in [2.24, 2.45) is 23.7 Å². The summed E-state index contributed by atoms with van der Waals surface area (Å²) < 4.78 is 5.46. The van der Waals surface area contributed by atoms with Crippen molar-refractivity contribution < 1.29 is 4.74 Å². The smallest absolute Gasteiger partial charge is 0.0959 e. The highest BCUT2D eigenvalue weighted by Gasteiger charge is 2.43. The fraction of sp³-hybridized carbons (Fsp3) is 0.667. The molecule has 0 saturated heterocycles. The minimum Gasteiger partial charge on any atom is -0.501 e. The first-order valence-electron chi connectivity index (χ1n) is 7.97. The average Bonchev–Trinajstić information content (AvgIpc) is 2.94. The molecule has 1 fully saturated rings. The van der Waals surface area contributed by atoms with E-state index in [0.717, 1.165) is 30.1 Å². The van der Waals surface area contributed by atoms with Crippen molar-refractivity contribution in [3.8, 4) is 0 Å². The Hall–Kier alpha value is -0.980. The lowest BCUT2D eigenvalue weighted by Crippen LogP contribution is -2.36. The number of ether oxygens (including phenoxy) is 1. The zero-order valence-electron chi connectivity index (χ0n) is 11.9. The van der Waals surface area contributed by atoms with Crippen molar-refractivity contribution in [3.63, 3.8) is 0 Å². The molecule has 0 amide bonds. The summed E-state index contributed by atoms with van der Waals surface area (Å²) in [4.78, 5) is 0. The number of allylic oxidation sites excluding steroid dienone is 5. The first-order valence-corrected chi connectivity index (χ1v) is 7.97. The number of rotatable bonds is 1. The van der Waals surface area contributed by atoms with E-state index in [9.17, 15) is 0 Å². The Morgan fingerprint density at radius 2 is 2.11 bits per heavy atom. The third-order valence-corrected chi connectivity index (χ3v) is 6.10. The molecule has 1 heteroatoms. The molecular weight excluding hydrogens is 232 g/mol. The second kappa shape index (κ2) is 4.54. The maximum Gasteiger partial charge on any atom is 0.0959 e. The second-order valence-electron chi connectivity index (χ2n) is 6.76. The van der Waals surface area contributed by atoms with Gasteiger partial charge in [-0.25, -0.2) is 0 Å². The van der Waals surface area contributed by atoms with Gasteiger partial charge in [-0.3, -0.25) is 0 Å². The summed E-state index contributed by atoms with van der Waals surface area (Å²) in [6.45, 7) is 0. The van der Waals surface area contributed by atoms with Gasteiger partial charge in [0.1, 0.15) is 0 Å². The number of hydrogen-bond acceptors (Lipinski definition) is 1. The van der Waals surface area contributed by atoms with Gasteiger partial charge >= 0.3 is 0 Å². The van der Waals surface area contributed by atoms with E-state index in [2.05, 4.69) is 18.2 Å². The summed E-state index contributed by atoms with van der Waals surface area (Å²) in [5.74, 6) is 4.97. The van der Waals surface area contributed by atoms with Crippen LogP contribution in [0.5, 0.6) is 0 Å². The van der Waals surface area contributed by atoms with E-state index >= 15 is 0 Å². The molecule has 0 bridgehead atoms. The van der Waals surface area contributed by atoms with Gasteiger partial charge in [0.25, 0.3) is 0 Å². The monoisotopic (exact) mass is 256 g/mol. The Labute approximate surface area is 116 Å². The molecule has 1 saturated carbocycles. The van der Waals surface area contributed by atoms with Crippen molar-refractivity contribution in [1.29, 1.82) is 0 Å². The molecule has 0 radical (unpaired) electrons. The fourth-order valence-electron chi connectivity index (χ4n) is 5.19. The van der Waals surface area contributed by atoms with E-state index in [1.807, 2.05) is 12.7 Å². The van der Waals surface area contributed by atoms with E-state index in [0.29, 0.717) is 0 Å². The first-order chi connectivity index (χ1) is 9.36. The zero-order valence-corrected chi connectivity index (χ0v) is 11.9. The highest BCUT2D eigenvalue weighted by molar-refractivity contribution is 5.32. The third-order valence-electron chi connectivity index (χ3n) is 6.10. The van der Waals surface area contributed by atoms with Crippen LogP contribution in [-0.4, -0.2) is 7.11 Å². The molecule has 0 N–H and O–H groups in total. The van der Waals surface area contributed by atoms with Gasteiger partial charge in [-0.2, -0.15) is 0 Å². The molecule has 3 unspecified atom stereocenters. The highest BCUT2D eigenvalue weighted by atomic mass is 16.5. The summed E-state index contributed by atoms with van der Waals surface area (Å²) in [5, 5.41) is 0. The van der Waals surface area contributed by atoms with Gasteiger partial charge in [-0.05, 0) is 68.3 Å². The topological polar surface area (TPSA) is 9.23 Å². The van der Waals surface area contributed by atoms with Crippen molar-refractivity contribution in [3.05, 3.63) is 35.1 Å². The van der Waals surface area contributed by atoms with Gasteiger partial charge < -0.3 is 4.74 Å². The van der Waals surface area contributed by atoms with Crippen molar-refractivity contribution in [2.75, 3.05) is 7.11 Å². The lowest BCUT2D eigenvalue weighted by atomic mass is 9.59. The molecule has 4 aliphatic carbocycles. The number of methoxy groups -OCH3 is 1. The predicted octanol–water partition coefficient (Wildman–Crippen LogP) is 4.62. The van der Waals surface area contributed by atoms with Crippen molar-refractivity contribution in [2.45, 2.75) is 44.9 Å². The molecule has 4 aliphatic rings. The van der Waals surface area contributed by atoms with Crippen LogP contribution in [0.2, 0.25) is 0 Å². The minimum atomic E-state index is 0.902. The van der Waals surface area contributed by atoms with Crippen LogP contribution in [0.15, 0.2) is 35.1 Å². The van der Waals surface area contributed by atoms with E-state index in [-0.39, 0.29) is 0 Å². The SMILES string of the molecule is COC1=CCC2=C(CCC3C4CC=CC4CC[C@H]23)C1. The Kier molecular flexibility index (Phi) is 2.82. The Bertz CT molecular complexity index is 468. The lowest BCUT2D eigenvalue weighted by Gasteiger charge is -2.46. The van der Waals surface area contributed by atoms with Crippen LogP contribution in [0, 0.1) is 23.7 Å². The summed E-state index contributed by atoms with van der Waals surface area (Å²) >= 11 is 0. The standard InChI is InChI=1S/C18H24O/c1-19-14-7-10-16-13(11-14)6-9-17-15-4-2-3-12(15)5-8-18(16)17/h2-3,7,12,15,17-18H,4-6,8-11H2,1H3/t12?,15?,17?,18-/m1/s1. The Morgan fingerprint density at radius 3 is 3.00 bits per heavy atom. The Morgan fingerprint density at radius 1 is 1.16 bits per heavy atom. The molecule has 4 rings (SSSR count). The van der Waals surface area contributed by atoms with Crippen LogP contribution >= 0.6 is 0 Å². The summed E-state index contributed by atoms with van der Waals surface area (Å²) in [6.07, 6.45) is 16.6. The van der Waals surface area contributed by atoms with Gasteiger partial charge in [-0.1, -0.05) is 23.3 Å². The molecule has 102 valence electrons. The molecule has 0 aliphatic heterocycles. The van der Waals surface area contributed by atoms with E-state index in [1.54, 1.807) is 5.57 Å². The third kappa shape index (κ3) is 1.81. The van der Waals surface area contributed by atoms with E-state index in [4.69, 9.17) is 4.74 Å². The van der Waals surface area contributed by atoms with Crippen LogP contribution in [0.25, 0.3) is 0 Å². The van der Waals surface area contributed by atoms with Crippen LogP contribution in [0.4, 0.5) is 0 Å². The van der Waals surface area contributed by atoms with Gasteiger partial charge in [0.2, 0.25) is 0 Å². The maximum atomic E-state index is 5.46. The first kappa shape index (κ1) is 11.8. The van der Waals surface area contributed by atoms with Gasteiger partial charge in [0.15, 0.2) is 0 Å². The average molecular weight is 256 g/mol. The lowest BCUT2D eigenvalue weighted by molar-refractivity contribution is 0.123. The largest absolute Gasteiger partial charge is 0.501 e. The molecular formula is C18H24O. The van der Waals surface area contributed by atoms with E-state index < -0.39 is 0 Å². The molecule has 1 nitrogen and oxygen atoms in total. The van der Waals surface area contributed by atoms with Crippen molar-refractivity contribution >= 4 is 0 Å². The number of fused-ring (bicyclic) bond motifs is 4. The van der Waals surface area contributed by atoms with Crippen molar-refractivity contribution in [1.82, 2.24) is 0 Å². The molecule has 0 aromatic rings. The second-order valence-corrected chi connectivity index (χ2v) is 6.76. The summed E-state index contributed by atoms with van der Waals surface area (Å²) in [6, 6.07) is 0. The van der Waals surface area contributed by atoms with Crippen LogP contribution in [-0.2, 0) is 4.74 Å². The van der Waals surface area contributed by atoms with E-state index in [1.165, 1.54) is 44.3 Å².